The van der Waals surface area contributed by atoms with Crippen LogP contribution in [0.4, 0.5) is 0 Å². The lowest BCUT2D eigenvalue weighted by Crippen LogP contribution is -2.44. The van der Waals surface area contributed by atoms with E-state index in [9.17, 15) is 14.4 Å². The number of nitrogens with zero attached hydrogens (tertiary/aromatic N) is 4. The molecule has 7 nitrogen and oxygen atoms in total. The number of pyridine rings is 1. The predicted octanol–water partition coefficient (Wildman–Crippen LogP) is 0.574. The summed E-state index contributed by atoms with van der Waals surface area (Å²) < 4.78 is 2.24. The second-order valence-corrected chi connectivity index (χ2v) is 6.56. The highest BCUT2D eigenvalue weighted by atomic mass is 16.2. The Morgan fingerprint density at radius 3 is 2.40 bits per heavy atom. The van der Waals surface area contributed by atoms with Crippen LogP contribution in [0.1, 0.15) is 28.9 Å². The largest absolute Gasteiger partial charge is 0.337 e. The van der Waals surface area contributed by atoms with Gasteiger partial charge in [0.1, 0.15) is 5.69 Å². The molecule has 0 aliphatic carbocycles. The molecule has 3 rings (SSSR count). The maximum absolute atomic E-state index is 12.7. The highest BCUT2D eigenvalue weighted by molar-refractivity contribution is 5.92. The van der Waals surface area contributed by atoms with Gasteiger partial charge in [-0.2, -0.15) is 0 Å². The number of rotatable bonds is 3. The Balaban J connectivity index is 1.68. The third-order valence-corrected chi connectivity index (χ3v) is 4.92. The van der Waals surface area contributed by atoms with Gasteiger partial charge in [0.15, 0.2) is 0 Å². The van der Waals surface area contributed by atoms with E-state index in [1.165, 1.54) is 30.3 Å². The number of hydrogen-bond donors (Lipinski definition) is 0. The summed E-state index contributed by atoms with van der Waals surface area (Å²) >= 11 is 0. The fourth-order valence-corrected chi connectivity index (χ4v) is 3.29. The number of aromatic nitrogens is 3. The van der Waals surface area contributed by atoms with Crippen LogP contribution in [-0.4, -0.2) is 38.0 Å². The Morgan fingerprint density at radius 1 is 1.12 bits per heavy atom. The van der Waals surface area contributed by atoms with Crippen molar-refractivity contribution < 1.29 is 4.79 Å². The summed E-state index contributed by atoms with van der Waals surface area (Å²) in [6.45, 7) is 1.27. The maximum Gasteiger partial charge on any atom is 0.331 e. The van der Waals surface area contributed by atoms with Crippen LogP contribution in [0.15, 0.2) is 40.2 Å². The minimum absolute atomic E-state index is 0.153. The predicted molar refractivity (Wildman–Crippen MR) is 93.5 cm³/mol. The Kier molecular flexibility index (Phi) is 4.83. The first-order valence-electron chi connectivity index (χ1n) is 8.42. The monoisotopic (exact) mass is 342 g/mol. The van der Waals surface area contributed by atoms with E-state index in [1.807, 2.05) is 12.1 Å². The van der Waals surface area contributed by atoms with Gasteiger partial charge in [-0.05, 0) is 42.9 Å². The molecule has 2 aromatic heterocycles. The first kappa shape index (κ1) is 17.1. The molecule has 7 heteroatoms. The van der Waals surface area contributed by atoms with Crippen LogP contribution >= 0.6 is 0 Å². The van der Waals surface area contributed by atoms with Crippen molar-refractivity contribution in [2.75, 3.05) is 13.1 Å². The zero-order valence-electron chi connectivity index (χ0n) is 14.5. The molecule has 3 heterocycles. The molecule has 1 fully saturated rings. The molecular formula is C18H22N4O3. The van der Waals surface area contributed by atoms with Gasteiger partial charge in [-0.3, -0.25) is 23.7 Å². The molecule has 0 aromatic carbocycles. The fraction of sp³-hybridized carbons (Fsp3) is 0.444. The average Bonchev–Trinajstić information content (AvgIpc) is 2.64. The van der Waals surface area contributed by atoms with Crippen molar-refractivity contribution >= 4 is 5.91 Å². The molecule has 0 saturated carbocycles. The van der Waals surface area contributed by atoms with E-state index in [2.05, 4.69) is 4.98 Å². The Hall–Kier alpha value is -2.70. The lowest BCUT2D eigenvalue weighted by Gasteiger charge is -2.32. The minimum atomic E-state index is -0.483. The van der Waals surface area contributed by atoms with E-state index in [1.54, 1.807) is 17.3 Å². The van der Waals surface area contributed by atoms with Crippen molar-refractivity contribution in [3.05, 3.63) is 62.7 Å². The summed E-state index contributed by atoms with van der Waals surface area (Å²) in [4.78, 5) is 42.3. The zero-order chi connectivity index (χ0) is 18.0. The molecular weight excluding hydrogens is 320 g/mol. The summed E-state index contributed by atoms with van der Waals surface area (Å²) in [5.41, 5.74) is 0.469. The van der Waals surface area contributed by atoms with Crippen LogP contribution in [-0.2, 0) is 20.5 Å². The first-order valence-corrected chi connectivity index (χ1v) is 8.42. The second-order valence-electron chi connectivity index (χ2n) is 6.56. The summed E-state index contributed by atoms with van der Waals surface area (Å²) in [7, 11) is 2.93. The molecule has 1 saturated heterocycles. The number of piperidine rings is 1. The molecule has 0 N–H and O–H groups in total. The van der Waals surface area contributed by atoms with Crippen LogP contribution in [0.25, 0.3) is 0 Å². The molecule has 1 aliphatic heterocycles. The van der Waals surface area contributed by atoms with Gasteiger partial charge in [0, 0.05) is 45.6 Å². The van der Waals surface area contributed by atoms with Gasteiger partial charge < -0.3 is 4.90 Å². The molecule has 2 aromatic rings. The summed E-state index contributed by atoms with van der Waals surface area (Å²) in [5.74, 6) is 0.276. The quantitative estimate of drug-likeness (QED) is 0.817. The van der Waals surface area contributed by atoms with E-state index in [4.69, 9.17) is 0 Å². The lowest BCUT2D eigenvalue weighted by molar-refractivity contribution is 0.0678. The van der Waals surface area contributed by atoms with E-state index >= 15 is 0 Å². The number of likely N-dealkylation sites (tertiary alicyclic amines) is 1. The third-order valence-electron chi connectivity index (χ3n) is 4.92. The highest BCUT2D eigenvalue weighted by Gasteiger charge is 2.25. The Labute approximate surface area is 145 Å². The molecule has 0 unspecified atom stereocenters. The standard InChI is InChI=1S/C18H22N4O3/c1-20-15(12-16(23)21(2)18(20)25)17(24)22-9-5-14(6-10-22)11-13-3-7-19-8-4-13/h3-4,7-8,12,14H,5-6,9-11H2,1-2H3. The molecule has 0 atom stereocenters. The topological polar surface area (TPSA) is 77.2 Å². The van der Waals surface area contributed by atoms with Crippen molar-refractivity contribution in [1.29, 1.82) is 0 Å². The zero-order valence-corrected chi connectivity index (χ0v) is 14.5. The smallest absolute Gasteiger partial charge is 0.331 e. The van der Waals surface area contributed by atoms with Crippen LogP contribution in [0.5, 0.6) is 0 Å². The second kappa shape index (κ2) is 7.04. The number of amides is 1. The van der Waals surface area contributed by atoms with E-state index in [0.717, 1.165) is 23.8 Å². The van der Waals surface area contributed by atoms with Gasteiger partial charge in [0.05, 0.1) is 0 Å². The van der Waals surface area contributed by atoms with E-state index < -0.39 is 11.2 Å². The normalized spacial score (nSPS) is 15.4. The van der Waals surface area contributed by atoms with E-state index in [-0.39, 0.29) is 11.6 Å². The Bertz CT molecular complexity index is 877. The highest BCUT2D eigenvalue weighted by Crippen LogP contribution is 2.22. The fourth-order valence-electron chi connectivity index (χ4n) is 3.29. The van der Waals surface area contributed by atoms with Crippen molar-refractivity contribution in [3.8, 4) is 0 Å². The summed E-state index contributed by atoms with van der Waals surface area (Å²) in [5, 5.41) is 0. The van der Waals surface area contributed by atoms with Crippen molar-refractivity contribution in [2.24, 2.45) is 20.0 Å². The van der Waals surface area contributed by atoms with Crippen molar-refractivity contribution in [1.82, 2.24) is 19.0 Å². The van der Waals surface area contributed by atoms with Crippen molar-refractivity contribution in [3.63, 3.8) is 0 Å². The van der Waals surface area contributed by atoms with Crippen LogP contribution in [0.2, 0.25) is 0 Å². The van der Waals surface area contributed by atoms with Crippen LogP contribution in [0.3, 0.4) is 0 Å². The number of hydrogen-bond acceptors (Lipinski definition) is 4. The number of carbonyl (C=O) groups is 1. The average molecular weight is 342 g/mol. The van der Waals surface area contributed by atoms with Gasteiger partial charge in [-0.15, -0.1) is 0 Å². The Morgan fingerprint density at radius 2 is 1.76 bits per heavy atom. The van der Waals surface area contributed by atoms with Crippen LogP contribution in [0, 0.1) is 5.92 Å². The van der Waals surface area contributed by atoms with Gasteiger partial charge in [0.2, 0.25) is 0 Å². The molecule has 0 spiro atoms. The minimum Gasteiger partial charge on any atom is -0.337 e. The van der Waals surface area contributed by atoms with Crippen LogP contribution < -0.4 is 11.2 Å². The molecule has 0 bridgehead atoms. The number of carbonyl (C=O) groups excluding carboxylic acids is 1. The van der Waals surface area contributed by atoms with Gasteiger partial charge in [0.25, 0.3) is 11.5 Å². The molecule has 25 heavy (non-hydrogen) atoms. The third kappa shape index (κ3) is 3.55. The summed E-state index contributed by atoms with van der Waals surface area (Å²) in [6.07, 6.45) is 6.39. The van der Waals surface area contributed by atoms with Crippen molar-refractivity contribution in [2.45, 2.75) is 19.3 Å². The molecule has 1 amide bonds. The summed E-state index contributed by atoms with van der Waals surface area (Å²) in [6, 6.07) is 5.28. The molecule has 1 aliphatic rings. The first-order chi connectivity index (χ1) is 12.0. The van der Waals surface area contributed by atoms with Gasteiger partial charge in [-0.1, -0.05) is 0 Å². The van der Waals surface area contributed by atoms with Gasteiger partial charge in [-0.25, -0.2) is 4.79 Å². The molecule has 0 radical (unpaired) electrons. The molecule has 132 valence electrons. The maximum atomic E-state index is 12.7. The lowest BCUT2D eigenvalue weighted by atomic mass is 9.90. The SMILES string of the molecule is Cn1c(C(=O)N2CCC(Cc3ccncc3)CC2)cc(=O)n(C)c1=O. The van der Waals surface area contributed by atoms with Gasteiger partial charge >= 0.3 is 5.69 Å². The van der Waals surface area contributed by atoms with E-state index in [0.29, 0.717) is 19.0 Å².